The fourth-order valence-electron chi connectivity index (χ4n) is 2.11. The second kappa shape index (κ2) is 8.14. The molecule has 0 spiro atoms. The molecule has 0 saturated carbocycles. The van der Waals surface area contributed by atoms with Gasteiger partial charge in [-0.15, -0.1) is 0 Å². The van der Waals surface area contributed by atoms with E-state index in [0.29, 0.717) is 5.11 Å². The van der Waals surface area contributed by atoms with Crippen LogP contribution in [0.15, 0.2) is 47.6 Å². The SMILES string of the molecule is COc1ccccc1/C=N/NC(=S)Nc1cccc(C)c1OC. The number of hydrogen-bond acceptors (Lipinski definition) is 4. The van der Waals surface area contributed by atoms with Crippen LogP contribution >= 0.6 is 12.2 Å². The Hall–Kier alpha value is -2.60. The number of methoxy groups -OCH3 is 2. The van der Waals surface area contributed by atoms with Crippen molar-refractivity contribution in [2.75, 3.05) is 19.5 Å². The molecule has 0 unspecified atom stereocenters. The molecule has 0 amide bonds. The van der Waals surface area contributed by atoms with Gasteiger partial charge in [0.25, 0.3) is 0 Å². The van der Waals surface area contributed by atoms with Crippen LogP contribution in [0.3, 0.4) is 0 Å². The van der Waals surface area contributed by atoms with Gasteiger partial charge in [0.15, 0.2) is 5.11 Å². The number of rotatable bonds is 5. The summed E-state index contributed by atoms with van der Waals surface area (Å²) in [4.78, 5) is 0. The smallest absolute Gasteiger partial charge is 0.191 e. The molecule has 0 radical (unpaired) electrons. The Bertz CT molecular complexity index is 717. The van der Waals surface area contributed by atoms with Crippen molar-refractivity contribution in [2.45, 2.75) is 6.92 Å². The van der Waals surface area contributed by atoms with Crippen molar-refractivity contribution in [1.82, 2.24) is 5.43 Å². The van der Waals surface area contributed by atoms with E-state index in [0.717, 1.165) is 28.3 Å². The zero-order valence-electron chi connectivity index (χ0n) is 13.3. The van der Waals surface area contributed by atoms with Crippen molar-refractivity contribution in [1.29, 1.82) is 0 Å². The lowest BCUT2D eigenvalue weighted by Gasteiger charge is -2.13. The lowest BCUT2D eigenvalue weighted by molar-refractivity contribution is 0.414. The first-order valence-corrected chi connectivity index (χ1v) is 7.43. The van der Waals surface area contributed by atoms with Crippen LogP contribution in [0.5, 0.6) is 11.5 Å². The lowest BCUT2D eigenvalue weighted by Crippen LogP contribution is -2.24. The number of nitrogens with one attached hydrogen (secondary N) is 2. The topological polar surface area (TPSA) is 54.9 Å². The highest BCUT2D eigenvalue weighted by Crippen LogP contribution is 2.27. The fourth-order valence-corrected chi connectivity index (χ4v) is 2.27. The molecule has 0 saturated heterocycles. The maximum Gasteiger partial charge on any atom is 0.191 e. The zero-order valence-corrected chi connectivity index (χ0v) is 14.1. The van der Waals surface area contributed by atoms with Crippen molar-refractivity contribution in [2.24, 2.45) is 5.10 Å². The molecule has 0 heterocycles. The largest absolute Gasteiger partial charge is 0.496 e. The first kappa shape index (κ1) is 16.8. The molecule has 2 N–H and O–H groups in total. The number of hydrazone groups is 1. The summed E-state index contributed by atoms with van der Waals surface area (Å²) in [6, 6.07) is 13.4. The summed E-state index contributed by atoms with van der Waals surface area (Å²) in [5.41, 5.74) is 5.46. The number of ether oxygens (including phenoxy) is 2. The number of nitrogens with zero attached hydrogens (tertiary/aromatic N) is 1. The van der Waals surface area contributed by atoms with Gasteiger partial charge in [0.2, 0.25) is 0 Å². The van der Waals surface area contributed by atoms with Crippen LogP contribution in [0.25, 0.3) is 0 Å². The van der Waals surface area contributed by atoms with Gasteiger partial charge in [0.05, 0.1) is 26.1 Å². The molecule has 0 aliphatic heterocycles. The molecule has 2 rings (SSSR count). The highest BCUT2D eigenvalue weighted by molar-refractivity contribution is 7.80. The summed E-state index contributed by atoms with van der Waals surface area (Å²) in [5.74, 6) is 1.50. The molecule has 2 aromatic carbocycles. The Labute approximate surface area is 141 Å². The molecule has 5 nitrogen and oxygen atoms in total. The maximum absolute atomic E-state index is 5.38. The molecule has 0 aliphatic carbocycles. The normalized spacial score (nSPS) is 10.4. The molecule has 6 heteroatoms. The summed E-state index contributed by atoms with van der Waals surface area (Å²) >= 11 is 5.24. The second-order valence-corrected chi connectivity index (χ2v) is 5.13. The third kappa shape index (κ3) is 4.43. The maximum atomic E-state index is 5.38. The zero-order chi connectivity index (χ0) is 16.7. The second-order valence-electron chi connectivity index (χ2n) is 4.72. The van der Waals surface area contributed by atoms with Gasteiger partial charge in [0.1, 0.15) is 11.5 Å². The summed E-state index contributed by atoms with van der Waals surface area (Å²) in [6.45, 7) is 1.97. The average Bonchev–Trinajstić information content (AvgIpc) is 2.55. The van der Waals surface area contributed by atoms with Gasteiger partial charge < -0.3 is 14.8 Å². The van der Waals surface area contributed by atoms with E-state index in [1.807, 2.05) is 49.4 Å². The Morgan fingerprint density at radius 2 is 1.87 bits per heavy atom. The van der Waals surface area contributed by atoms with Crippen molar-refractivity contribution in [3.63, 3.8) is 0 Å². The molecule has 23 heavy (non-hydrogen) atoms. The third-order valence-electron chi connectivity index (χ3n) is 3.17. The van der Waals surface area contributed by atoms with Crippen LogP contribution < -0.4 is 20.2 Å². The van der Waals surface area contributed by atoms with E-state index in [4.69, 9.17) is 21.7 Å². The Morgan fingerprint density at radius 1 is 1.09 bits per heavy atom. The molecule has 2 aromatic rings. The van der Waals surface area contributed by atoms with E-state index in [-0.39, 0.29) is 0 Å². The van der Waals surface area contributed by atoms with Crippen LogP contribution in [0.1, 0.15) is 11.1 Å². The Kier molecular flexibility index (Phi) is 5.94. The van der Waals surface area contributed by atoms with Gasteiger partial charge in [0, 0.05) is 5.56 Å². The number of thiocarbonyl (C=S) groups is 1. The summed E-state index contributed by atoms with van der Waals surface area (Å²) in [5, 5.41) is 7.57. The van der Waals surface area contributed by atoms with Crippen molar-refractivity contribution >= 4 is 29.2 Å². The van der Waals surface area contributed by atoms with Crippen molar-refractivity contribution in [3.8, 4) is 11.5 Å². The number of hydrogen-bond donors (Lipinski definition) is 2. The molecular weight excluding hydrogens is 310 g/mol. The predicted octanol–water partition coefficient (Wildman–Crippen LogP) is 3.33. The molecule has 0 atom stereocenters. The third-order valence-corrected chi connectivity index (χ3v) is 3.37. The summed E-state index contributed by atoms with van der Waals surface area (Å²) in [6.07, 6.45) is 1.65. The van der Waals surface area contributed by atoms with E-state index in [9.17, 15) is 0 Å². The molecule has 0 aliphatic rings. The van der Waals surface area contributed by atoms with Gasteiger partial charge in [-0.3, -0.25) is 5.43 Å². The van der Waals surface area contributed by atoms with Gasteiger partial charge in [-0.05, 0) is 42.9 Å². The van der Waals surface area contributed by atoms with Crippen molar-refractivity contribution in [3.05, 3.63) is 53.6 Å². The lowest BCUT2D eigenvalue weighted by atomic mass is 10.2. The monoisotopic (exact) mass is 329 g/mol. The molecule has 0 aromatic heterocycles. The number of aryl methyl sites for hydroxylation is 1. The predicted molar refractivity (Wildman–Crippen MR) is 97.7 cm³/mol. The minimum atomic E-state index is 0.375. The number of anilines is 1. The van der Waals surface area contributed by atoms with E-state index in [2.05, 4.69) is 15.8 Å². The highest BCUT2D eigenvalue weighted by atomic mass is 32.1. The van der Waals surface area contributed by atoms with Crippen LogP contribution in [0.2, 0.25) is 0 Å². The highest BCUT2D eigenvalue weighted by Gasteiger charge is 2.06. The number of para-hydroxylation sites is 2. The molecular formula is C17H19N3O2S. The Balaban J connectivity index is 2.01. The summed E-state index contributed by atoms with van der Waals surface area (Å²) in [7, 11) is 3.25. The van der Waals surface area contributed by atoms with Gasteiger partial charge in [-0.25, -0.2) is 0 Å². The van der Waals surface area contributed by atoms with E-state index in [1.165, 1.54) is 0 Å². The first-order valence-electron chi connectivity index (χ1n) is 7.02. The first-order chi connectivity index (χ1) is 11.2. The van der Waals surface area contributed by atoms with Crippen LogP contribution in [0, 0.1) is 6.92 Å². The van der Waals surface area contributed by atoms with Gasteiger partial charge in [-0.2, -0.15) is 5.10 Å². The van der Waals surface area contributed by atoms with Gasteiger partial charge >= 0.3 is 0 Å². The fraction of sp³-hybridized carbons (Fsp3) is 0.176. The minimum absolute atomic E-state index is 0.375. The van der Waals surface area contributed by atoms with Crippen LogP contribution in [-0.4, -0.2) is 25.5 Å². The van der Waals surface area contributed by atoms with Crippen molar-refractivity contribution < 1.29 is 9.47 Å². The van der Waals surface area contributed by atoms with E-state index >= 15 is 0 Å². The van der Waals surface area contributed by atoms with E-state index in [1.54, 1.807) is 20.4 Å². The number of benzene rings is 2. The summed E-state index contributed by atoms with van der Waals surface area (Å²) < 4.78 is 10.6. The molecule has 120 valence electrons. The van der Waals surface area contributed by atoms with E-state index < -0.39 is 0 Å². The van der Waals surface area contributed by atoms with Crippen LogP contribution in [-0.2, 0) is 0 Å². The molecule has 0 fully saturated rings. The van der Waals surface area contributed by atoms with Crippen LogP contribution in [0.4, 0.5) is 5.69 Å². The quantitative estimate of drug-likeness (QED) is 0.501. The van der Waals surface area contributed by atoms with Gasteiger partial charge in [-0.1, -0.05) is 24.3 Å². The average molecular weight is 329 g/mol. The Morgan fingerprint density at radius 3 is 2.61 bits per heavy atom. The molecule has 0 bridgehead atoms. The minimum Gasteiger partial charge on any atom is -0.496 e. The standard InChI is InChI=1S/C17H19N3O2S/c1-12-7-6-9-14(16(12)22-3)19-17(23)20-18-11-13-8-4-5-10-15(13)21-2/h4-11H,1-3H3,(H2,19,20,23)/b18-11+.